The normalized spacial score (nSPS) is 14.3. The Hall–Kier alpha value is -2.50. The molecule has 1 aliphatic rings. The highest BCUT2D eigenvalue weighted by Crippen LogP contribution is 2.37. The fourth-order valence-corrected chi connectivity index (χ4v) is 2.75. The third kappa shape index (κ3) is 2.54. The van der Waals surface area contributed by atoms with E-state index in [4.69, 9.17) is 19.0 Å². The van der Waals surface area contributed by atoms with Crippen molar-refractivity contribution in [1.82, 2.24) is 0 Å². The summed E-state index contributed by atoms with van der Waals surface area (Å²) in [5.41, 5.74) is 2.42. The summed E-state index contributed by atoms with van der Waals surface area (Å²) < 4.78 is 16.6. The first-order chi connectivity index (χ1) is 11.2. The van der Waals surface area contributed by atoms with E-state index in [1.54, 1.807) is 0 Å². The standard InChI is InChI=1S/C18H16O5/c19-6-5-14(20)11-1-3-15-13(7-11)9-17(23-15)12-2-4-16-18(8-12)22-10-21-16/h1-4,7-9,14,19-20H,5-6,10H2. The van der Waals surface area contributed by atoms with Crippen molar-refractivity contribution in [2.75, 3.05) is 13.4 Å². The second-order valence-electron chi connectivity index (χ2n) is 5.50. The van der Waals surface area contributed by atoms with E-state index in [1.807, 2.05) is 42.5 Å². The van der Waals surface area contributed by atoms with Crippen molar-refractivity contribution in [2.24, 2.45) is 0 Å². The smallest absolute Gasteiger partial charge is 0.231 e. The SMILES string of the molecule is OCCC(O)c1ccc2oc(-c3ccc4c(c3)OCO4)cc2c1. The van der Waals surface area contributed by atoms with Gasteiger partial charge in [0.25, 0.3) is 0 Å². The molecule has 1 unspecified atom stereocenters. The largest absolute Gasteiger partial charge is 0.456 e. The Morgan fingerprint density at radius 3 is 2.74 bits per heavy atom. The molecule has 4 rings (SSSR count). The van der Waals surface area contributed by atoms with E-state index in [1.165, 1.54) is 0 Å². The maximum absolute atomic E-state index is 9.99. The number of rotatable bonds is 4. The number of fused-ring (bicyclic) bond motifs is 2. The third-order valence-electron chi connectivity index (χ3n) is 3.98. The van der Waals surface area contributed by atoms with E-state index < -0.39 is 6.10 Å². The Bertz CT molecular complexity index is 852. The molecule has 0 aliphatic carbocycles. The molecule has 0 radical (unpaired) electrons. The van der Waals surface area contributed by atoms with Gasteiger partial charge in [-0.05, 0) is 42.0 Å². The average molecular weight is 312 g/mol. The quantitative estimate of drug-likeness (QED) is 0.774. The highest BCUT2D eigenvalue weighted by atomic mass is 16.7. The second-order valence-corrected chi connectivity index (χ2v) is 5.50. The molecule has 0 fully saturated rings. The molecule has 2 N–H and O–H groups in total. The van der Waals surface area contributed by atoms with Crippen LogP contribution in [0.5, 0.6) is 11.5 Å². The summed E-state index contributed by atoms with van der Waals surface area (Å²) in [6.45, 7) is 0.193. The summed E-state index contributed by atoms with van der Waals surface area (Å²) in [5, 5.41) is 19.8. The van der Waals surface area contributed by atoms with Crippen molar-refractivity contribution < 1.29 is 24.1 Å². The molecule has 1 aliphatic heterocycles. The number of ether oxygens (including phenoxy) is 2. The van der Waals surface area contributed by atoms with E-state index in [9.17, 15) is 5.11 Å². The van der Waals surface area contributed by atoms with Gasteiger partial charge in [-0.25, -0.2) is 0 Å². The van der Waals surface area contributed by atoms with Gasteiger partial charge in [0, 0.05) is 24.0 Å². The van der Waals surface area contributed by atoms with Crippen LogP contribution in [0.2, 0.25) is 0 Å². The molecule has 2 heterocycles. The zero-order valence-corrected chi connectivity index (χ0v) is 12.4. The first-order valence-electron chi connectivity index (χ1n) is 7.47. The maximum atomic E-state index is 9.99. The minimum atomic E-state index is -0.673. The molecule has 2 aromatic carbocycles. The van der Waals surface area contributed by atoms with Gasteiger partial charge in [-0.1, -0.05) is 6.07 Å². The summed E-state index contributed by atoms with van der Waals surface area (Å²) in [7, 11) is 0. The van der Waals surface area contributed by atoms with E-state index in [0.717, 1.165) is 33.6 Å². The van der Waals surface area contributed by atoms with Crippen LogP contribution in [0.25, 0.3) is 22.3 Å². The lowest BCUT2D eigenvalue weighted by molar-refractivity contribution is 0.134. The summed E-state index contributed by atoms with van der Waals surface area (Å²) in [6, 6.07) is 13.1. The fraction of sp³-hybridized carbons (Fsp3) is 0.222. The summed E-state index contributed by atoms with van der Waals surface area (Å²) >= 11 is 0. The van der Waals surface area contributed by atoms with Crippen LogP contribution in [-0.4, -0.2) is 23.6 Å². The molecule has 0 spiro atoms. The number of hydrogen-bond acceptors (Lipinski definition) is 5. The van der Waals surface area contributed by atoms with Gasteiger partial charge in [0.05, 0.1) is 6.10 Å². The van der Waals surface area contributed by atoms with E-state index in [-0.39, 0.29) is 13.4 Å². The molecular weight excluding hydrogens is 296 g/mol. The van der Waals surface area contributed by atoms with Gasteiger partial charge in [-0.15, -0.1) is 0 Å². The molecule has 5 nitrogen and oxygen atoms in total. The van der Waals surface area contributed by atoms with Crippen LogP contribution < -0.4 is 9.47 Å². The van der Waals surface area contributed by atoms with Crippen molar-refractivity contribution >= 4 is 11.0 Å². The van der Waals surface area contributed by atoms with Crippen LogP contribution in [0.3, 0.4) is 0 Å². The summed E-state index contributed by atoms with van der Waals surface area (Å²) in [6.07, 6.45) is -0.355. The maximum Gasteiger partial charge on any atom is 0.231 e. The number of benzene rings is 2. The zero-order chi connectivity index (χ0) is 15.8. The predicted molar refractivity (Wildman–Crippen MR) is 84.4 cm³/mol. The molecule has 0 bridgehead atoms. The van der Waals surface area contributed by atoms with Crippen molar-refractivity contribution in [2.45, 2.75) is 12.5 Å². The molecule has 0 saturated carbocycles. The van der Waals surface area contributed by atoms with Gasteiger partial charge in [0.1, 0.15) is 11.3 Å². The van der Waals surface area contributed by atoms with Crippen LogP contribution >= 0.6 is 0 Å². The minimum Gasteiger partial charge on any atom is -0.456 e. The van der Waals surface area contributed by atoms with Crippen LogP contribution in [0.4, 0.5) is 0 Å². The van der Waals surface area contributed by atoms with Crippen molar-refractivity contribution in [1.29, 1.82) is 0 Å². The summed E-state index contributed by atoms with van der Waals surface area (Å²) in [5.74, 6) is 2.17. The number of aliphatic hydroxyl groups is 2. The van der Waals surface area contributed by atoms with E-state index in [0.29, 0.717) is 12.2 Å². The lowest BCUT2D eigenvalue weighted by atomic mass is 10.0. The van der Waals surface area contributed by atoms with Gasteiger partial charge in [-0.2, -0.15) is 0 Å². The Morgan fingerprint density at radius 2 is 1.87 bits per heavy atom. The Morgan fingerprint density at radius 1 is 1.00 bits per heavy atom. The fourth-order valence-electron chi connectivity index (χ4n) is 2.75. The monoisotopic (exact) mass is 312 g/mol. The highest BCUT2D eigenvalue weighted by molar-refractivity contribution is 5.84. The van der Waals surface area contributed by atoms with Gasteiger partial charge in [0.15, 0.2) is 11.5 Å². The number of furan rings is 1. The third-order valence-corrected chi connectivity index (χ3v) is 3.98. The molecule has 3 aromatic rings. The van der Waals surface area contributed by atoms with Crippen LogP contribution in [0.15, 0.2) is 46.9 Å². The Labute approximate surface area is 132 Å². The number of hydrogen-bond donors (Lipinski definition) is 2. The van der Waals surface area contributed by atoms with Crippen LogP contribution in [0, 0.1) is 0 Å². The zero-order valence-electron chi connectivity index (χ0n) is 12.4. The highest BCUT2D eigenvalue weighted by Gasteiger charge is 2.16. The van der Waals surface area contributed by atoms with E-state index in [2.05, 4.69) is 0 Å². The molecule has 5 heteroatoms. The van der Waals surface area contributed by atoms with Crippen molar-refractivity contribution in [3.63, 3.8) is 0 Å². The van der Waals surface area contributed by atoms with E-state index >= 15 is 0 Å². The average Bonchev–Trinajstić information content (AvgIpc) is 3.19. The molecule has 118 valence electrons. The second kappa shape index (κ2) is 5.61. The van der Waals surface area contributed by atoms with Crippen LogP contribution in [0.1, 0.15) is 18.1 Å². The molecular formula is C18H16O5. The van der Waals surface area contributed by atoms with Crippen LogP contribution in [-0.2, 0) is 0 Å². The van der Waals surface area contributed by atoms with Gasteiger partial charge in [0.2, 0.25) is 6.79 Å². The lowest BCUT2D eigenvalue weighted by Gasteiger charge is -2.08. The Kier molecular flexibility index (Phi) is 3.44. The van der Waals surface area contributed by atoms with Crippen molar-refractivity contribution in [3.8, 4) is 22.8 Å². The topological polar surface area (TPSA) is 72.1 Å². The van der Waals surface area contributed by atoms with Gasteiger partial charge < -0.3 is 24.1 Å². The molecule has 1 aromatic heterocycles. The minimum absolute atomic E-state index is 0.0486. The lowest BCUT2D eigenvalue weighted by Crippen LogP contribution is -1.99. The molecule has 0 amide bonds. The Balaban J connectivity index is 1.71. The first kappa shape index (κ1) is 14.1. The molecule has 1 atom stereocenters. The molecule has 0 saturated heterocycles. The summed E-state index contributed by atoms with van der Waals surface area (Å²) in [4.78, 5) is 0. The first-order valence-corrected chi connectivity index (χ1v) is 7.47. The molecule has 23 heavy (non-hydrogen) atoms. The van der Waals surface area contributed by atoms with Gasteiger partial charge >= 0.3 is 0 Å². The predicted octanol–water partition coefficient (Wildman–Crippen LogP) is 3.24. The van der Waals surface area contributed by atoms with Gasteiger partial charge in [-0.3, -0.25) is 0 Å². The van der Waals surface area contributed by atoms with Crippen molar-refractivity contribution in [3.05, 3.63) is 48.0 Å². The number of aliphatic hydroxyl groups excluding tert-OH is 2.